The number of benzene rings is 1. The van der Waals surface area contributed by atoms with Gasteiger partial charge in [0, 0.05) is 4.90 Å². The van der Waals surface area contributed by atoms with Crippen LogP contribution in [0.4, 0.5) is 5.82 Å². The van der Waals surface area contributed by atoms with E-state index in [0.29, 0.717) is 5.82 Å². The second-order valence-electron chi connectivity index (χ2n) is 3.32. The SMILES string of the molecule is CSc1ccc(/C=N/Nc2cn[nH]c(=O)n2)cc1. The highest BCUT2D eigenvalue weighted by molar-refractivity contribution is 7.98. The Labute approximate surface area is 108 Å². The number of aromatic amines is 1. The smallest absolute Gasteiger partial charge is 0.260 e. The maximum atomic E-state index is 10.9. The number of hydrazone groups is 1. The first-order valence-corrected chi connectivity index (χ1v) is 6.35. The van der Waals surface area contributed by atoms with E-state index in [1.165, 1.54) is 11.1 Å². The fourth-order valence-corrected chi connectivity index (χ4v) is 1.64. The Balaban J connectivity index is 2.00. The number of hydrogen-bond acceptors (Lipinski definition) is 6. The minimum atomic E-state index is -0.514. The molecule has 0 saturated heterocycles. The van der Waals surface area contributed by atoms with E-state index in [1.807, 2.05) is 30.5 Å². The number of H-pyrrole nitrogens is 1. The Morgan fingerprint density at radius 1 is 1.39 bits per heavy atom. The first-order valence-electron chi connectivity index (χ1n) is 5.13. The number of aromatic nitrogens is 3. The largest absolute Gasteiger partial charge is 0.363 e. The zero-order chi connectivity index (χ0) is 12.8. The van der Waals surface area contributed by atoms with Crippen molar-refractivity contribution in [3.63, 3.8) is 0 Å². The fraction of sp³-hybridized carbons (Fsp3) is 0.0909. The van der Waals surface area contributed by atoms with Gasteiger partial charge in [0.1, 0.15) is 0 Å². The summed E-state index contributed by atoms with van der Waals surface area (Å²) in [4.78, 5) is 15.7. The van der Waals surface area contributed by atoms with Crippen LogP contribution in [0.2, 0.25) is 0 Å². The van der Waals surface area contributed by atoms with Gasteiger partial charge in [-0.05, 0) is 24.0 Å². The van der Waals surface area contributed by atoms with Gasteiger partial charge in [-0.3, -0.25) is 5.43 Å². The lowest BCUT2D eigenvalue weighted by Crippen LogP contribution is -2.13. The molecule has 0 bridgehead atoms. The molecule has 2 aromatic rings. The van der Waals surface area contributed by atoms with Crippen LogP contribution in [0.3, 0.4) is 0 Å². The monoisotopic (exact) mass is 261 g/mol. The summed E-state index contributed by atoms with van der Waals surface area (Å²) in [6, 6.07) is 7.94. The van der Waals surface area contributed by atoms with Gasteiger partial charge in [0.05, 0.1) is 12.4 Å². The third-order valence-electron chi connectivity index (χ3n) is 2.08. The maximum Gasteiger partial charge on any atom is 0.363 e. The van der Waals surface area contributed by atoms with Crippen molar-refractivity contribution >= 4 is 23.8 Å². The maximum absolute atomic E-state index is 10.9. The first-order chi connectivity index (χ1) is 8.78. The number of nitrogens with zero attached hydrogens (tertiary/aromatic N) is 3. The van der Waals surface area contributed by atoms with E-state index in [2.05, 4.69) is 25.7 Å². The van der Waals surface area contributed by atoms with E-state index < -0.39 is 5.69 Å². The Kier molecular flexibility index (Phi) is 4.08. The summed E-state index contributed by atoms with van der Waals surface area (Å²) in [5, 5.41) is 9.75. The molecule has 0 spiro atoms. The molecule has 6 nitrogen and oxygen atoms in total. The van der Waals surface area contributed by atoms with Gasteiger partial charge in [-0.1, -0.05) is 12.1 Å². The van der Waals surface area contributed by atoms with E-state index in [9.17, 15) is 4.79 Å². The van der Waals surface area contributed by atoms with Gasteiger partial charge in [0.2, 0.25) is 0 Å². The summed E-state index contributed by atoms with van der Waals surface area (Å²) < 4.78 is 0. The Morgan fingerprint density at radius 2 is 2.17 bits per heavy atom. The fourth-order valence-electron chi connectivity index (χ4n) is 1.23. The van der Waals surface area contributed by atoms with Gasteiger partial charge in [-0.15, -0.1) is 11.8 Å². The van der Waals surface area contributed by atoms with Crippen molar-refractivity contribution in [3.05, 3.63) is 46.5 Å². The molecule has 0 aliphatic rings. The lowest BCUT2D eigenvalue weighted by molar-refractivity contribution is 0.913. The van der Waals surface area contributed by atoms with Gasteiger partial charge >= 0.3 is 5.69 Å². The molecule has 2 N–H and O–H groups in total. The Bertz CT molecular complexity index is 593. The molecular formula is C11H11N5OS. The molecule has 0 saturated carbocycles. The van der Waals surface area contributed by atoms with Crippen molar-refractivity contribution in [2.75, 3.05) is 11.7 Å². The van der Waals surface area contributed by atoms with Crippen LogP contribution in [0.1, 0.15) is 5.56 Å². The zero-order valence-electron chi connectivity index (χ0n) is 9.62. The summed E-state index contributed by atoms with van der Waals surface area (Å²) in [6.45, 7) is 0. The molecule has 7 heteroatoms. The predicted octanol–water partition coefficient (Wildman–Crippen LogP) is 1.33. The molecule has 0 unspecified atom stereocenters. The summed E-state index contributed by atoms with van der Waals surface area (Å²) in [6.07, 6.45) is 5.05. The molecule has 18 heavy (non-hydrogen) atoms. The molecule has 0 radical (unpaired) electrons. The van der Waals surface area contributed by atoms with E-state index in [1.54, 1.807) is 18.0 Å². The van der Waals surface area contributed by atoms with E-state index in [4.69, 9.17) is 0 Å². The lowest BCUT2D eigenvalue weighted by atomic mass is 10.2. The third kappa shape index (κ3) is 3.42. The minimum absolute atomic E-state index is 0.302. The van der Waals surface area contributed by atoms with Crippen LogP contribution in [-0.2, 0) is 0 Å². The second-order valence-corrected chi connectivity index (χ2v) is 4.20. The van der Waals surface area contributed by atoms with Crippen LogP contribution >= 0.6 is 11.8 Å². The van der Waals surface area contributed by atoms with Crippen LogP contribution in [0.5, 0.6) is 0 Å². The normalized spacial score (nSPS) is 10.7. The quantitative estimate of drug-likeness (QED) is 0.493. The van der Waals surface area contributed by atoms with E-state index in [-0.39, 0.29) is 0 Å². The molecule has 1 heterocycles. The highest BCUT2D eigenvalue weighted by Gasteiger charge is 1.93. The molecule has 0 amide bonds. The average molecular weight is 261 g/mol. The zero-order valence-corrected chi connectivity index (χ0v) is 10.4. The second kappa shape index (κ2) is 5.97. The number of rotatable bonds is 4. The van der Waals surface area contributed by atoms with E-state index >= 15 is 0 Å². The van der Waals surface area contributed by atoms with Gasteiger partial charge in [0.25, 0.3) is 0 Å². The van der Waals surface area contributed by atoms with Gasteiger partial charge in [-0.25, -0.2) is 9.89 Å². The van der Waals surface area contributed by atoms with Crippen molar-refractivity contribution in [2.24, 2.45) is 5.10 Å². The summed E-state index contributed by atoms with van der Waals surface area (Å²) in [5.74, 6) is 0.302. The average Bonchev–Trinajstić information content (AvgIpc) is 2.40. The standard InChI is InChI=1S/C11H11N5OS/c1-18-9-4-2-8(3-5-9)6-12-15-10-7-13-16-11(17)14-10/h2-7H,1H3,(H2,14,15,16,17)/b12-6+. The Morgan fingerprint density at radius 3 is 2.83 bits per heavy atom. The van der Waals surface area contributed by atoms with Crippen LogP contribution in [-0.4, -0.2) is 27.7 Å². The molecule has 2 rings (SSSR count). The highest BCUT2D eigenvalue weighted by atomic mass is 32.2. The summed E-state index contributed by atoms with van der Waals surface area (Å²) in [7, 11) is 0. The number of thioether (sulfide) groups is 1. The predicted molar refractivity (Wildman–Crippen MR) is 72.1 cm³/mol. The lowest BCUT2D eigenvalue weighted by Gasteiger charge is -1.98. The van der Waals surface area contributed by atoms with Gasteiger partial charge < -0.3 is 0 Å². The number of hydrogen-bond donors (Lipinski definition) is 2. The molecule has 0 aliphatic heterocycles. The minimum Gasteiger partial charge on any atom is -0.260 e. The summed E-state index contributed by atoms with van der Waals surface area (Å²) >= 11 is 1.68. The number of anilines is 1. The van der Waals surface area contributed by atoms with Crippen molar-refractivity contribution in [2.45, 2.75) is 4.90 Å². The van der Waals surface area contributed by atoms with Gasteiger partial charge in [0.15, 0.2) is 5.82 Å². The van der Waals surface area contributed by atoms with Crippen molar-refractivity contribution in [1.29, 1.82) is 0 Å². The Hall–Kier alpha value is -2.15. The van der Waals surface area contributed by atoms with Crippen LogP contribution in [0.25, 0.3) is 0 Å². The molecule has 0 aliphatic carbocycles. The molecule has 1 aromatic carbocycles. The molecular weight excluding hydrogens is 250 g/mol. The highest BCUT2D eigenvalue weighted by Crippen LogP contribution is 2.13. The third-order valence-corrected chi connectivity index (χ3v) is 2.82. The molecule has 0 atom stereocenters. The summed E-state index contributed by atoms with van der Waals surface area (Å²) in [5.41, 5.74) is 3.08. The molecule has 1 aromatic heterocycles. The van der Waals surface area contributed by atoms with Crippen LogP contribution < -0.4 is 11.1 Å². The molecule has 92 valence electrons. The van der Waals surface area contributed by atoms with Gasteiger partial charge in [-0.2, -0.15) is 15.2 Å². The number of nitrogens with one attached hydrogen (secondary N) is 2. The molecule has 0 fully saturated rings. The first kappa shape index (κ1) is 12.3. The van der Waals surface area contributed by atoms with Crippen LogP contribution in [0.15, 0.2) is 45.3 Å². The van der Waals surface area contributed by atoms with E-state index in [0.717, 1.165) is 5.56 Å². The van der Waals surface area contributed by atoms with Crippen molar-refractivity contribution < 1.29 is 0 Å². The van der Waals surface area contributed by atoms with Crippen molar-refractivity contribution in [1.82, 2.24) is 15.2 Å². The topological polar surface area (TPSA) is 83.0 Å². The van der Waals surface area contributed by atoms with Crippen LogP contribution in [0, 0.1) is 0 Å². The van der Waals surface area contributed by atoms with Crippen molar-refractivity contribution in [3.8, 4) is 0 Å².